The number of amides is 1. The lowest BCUT2D eigenvalue weighted by Crippen LogP contribution is -2.71. The van der Waals surface area contributed by atoms with Crippen molar-refractivity contribution < 1.29 is 4.79 Å². The Morgan fingerprint density at radius 1 is 1.00 bits per heavy atom. The van der Waals surface area contributed by atoms with Crippen molar-refractivity contribution in [3.63, 3.8) is 0 Å². The maximum atomic E-state index is 12.0. The van der Waals surface area contributed by atoms with E-state index in [1.54, 1.807) is 6.92 Å². The standard InChI is InChI=1S/C16H18ClNOSi/c1-14(19)18(2)20(13-17,15-9-5-3-6-10-15)16-11-7-4-8-12-16/h3-12H,13H2,1-2H3. The summed E-state index contributed by atoms with van der Waals surface area (Å²) in [5.74, 6) is 0.0463. The van der Waals surface area contributed by atoms with Gasteiger partial charge in [0, 0.05) is 19.5 Å². The maximum Gasteiger partial charge on any atom is 0.237 e. The van der Waals surface area contributed by atoms with Crippen LogP contribution in [0.1, 0.15) is 6.92 Å². The summed E-state index contributed by atoms with van der Waals surface area (Å²) in [5.41, 5.74) is 0.442. The Bertz CT molecular complexity index is 534. The van der Waals surface area contributed by atoms with E-state index in [0.29, 0.717) is 5.50 Å². The van der Waals surface area contributed by atoms with E-state index in [1.165, 1.54) is 0 Å². The first kappa shape index (κ1) is 14.8. The van der Waals surface area contributed by atoms with Crippen LogP contribution in [0.2, 0.25) is 0 Å². The van der Waals surface area contributed by atoms with Gasteiger partial charge in [-0.1, -0.05) is 60.7 Å². The van der Waals surface area contributed by atoms with Gasteiger partial charge < -0.3 is 4.57 Å². The van der Waals surface area contributed by atoms with Crippen LogP contribution in [-0.4, -0.2) is 31.3 Å². The fraction of sp³-hybridized carbons (Fsp3) is 0.188. The number of rotatable bonds is 4. The van der Waals surface area contributed by atoms with Gasteiger partial charge in [-0.05, 0) is 10.4 Å². The van der Waals surface area contributed by atoms with Crippen LogP contribution >= 0.6 is 11.6 Å². The van der Waals surface area contributed by atoms with E-state index in [-0.39, 0.29) is 5.91 Å². The number of benzene rings is 2. The van der Waals surface area contributed by atoms with Crippen molar-refractivity contribution in [3.8, 4) is 0 Å². The fourth-order valence-electron chi connectivity index (χ4n) is 2.49. The van der Waals surface area contributed by atoms with Gasteiger partial charge in [0.15, 0.2) is 0 Å². The van der Waals surface area contributed by atoms with Crippen molar-refractivity contribution in [2.75, 3.05) is 12.6 Å². The predicted octanol–water partition coefficient (Wildman–Crippen LogP) is 2.00. The minimum absolute atomic E-state index is 0.0463. The quantitative estimate of drug-likeness (QED) is 0.625. The van der Waals surface area contributed by atoms with Crippen LogP contribution in [0, 0.1) is 0 Å². The first-order chi connectivity index (χ1) is 9.63. The second-order valence-corrected chi connectivity index (χ2v) is 9.42. The van der Waals surface area contributed by atoms with Crippen molar-refractivity contribution in [2.45, 2.75) is 6.92 Å². The van der Waals surface area contributed by atoms with Gasteiger partial charge in [-0.3, -0.25) is 4.79 Å². The summed E-state index contributed by atoms with van der Waals surface area (Å²) in [5, 5.41) is 2.30. The maximum absolute atomic E-state index is 12.0. The molecule has 0 radical (unpaired) electrons. The zero-order valence-electron chi connectivity index (χ0n) is 11.7. The van der Waals surface area contributed by atoms with Gasteiger partial charge in [0.2, 0.25) is 14.1 Å². The fourth-order valence-corrected chi connectivity index (χ4v) is 7.58. The van der Waals surface area contributed by atoms with E-state index in [0.717, 1.165) is 10.4 Å². The van der Waals surface area contributed by atoms with Crippen LogP contribution in [-0.2, 0) is 4.79 Å². The molecule has 0 spiro atoms. The molecule has 0 bridgehead atoms. The molecular formula is C16H18ClNOSi. The predicted molar refractivity (Wildman–Crippen MR) is 87.1 cm³/mol. The first-order valence-electron chi connectivity index (χ1n) is 6.54. The Hall–Kier alpha value is -1.58. The Morgan fingerprint density at radius 3 is 1.70 bits per heavy atom. The van der Waals surface area contributed by atoms with Crippen LogP contribution in [0.3, 0.4) is 0 Å². The second kappa shape index (κ2) is 6.24. The van der Waals surface area contributed by atoms with E-state index in [1.807, 2.05) is 48.0 Å². The van der Waals surface area contributed by atoms with E-state index in [2.05, 4.69) is 24.3 Å². The molecule has 2 rings (SSSR count). The van der Waals surface area contributed by atoms with Crippen LogP contribution < -0.4 is 10.4 Å². The third-order valence-corrected chi connectivity index (χ3v) is 9.33. The zero-order valence-corrected chi connectivity index (χ0v) is 13.5. The summed E-state index contributed by atoms with van der Waals surface area (Å²) in [6, 6.07) is 20.2. The number of hydrogen-bond donors (Lipinski definition) is 0. The number of halogens is 1. The normalized spacial score (nSPS) is 11.2. The number of nitrogens with zero attached hydrogens (tertiary/aromatic N) is 1. The van der Waals surface area contributed by atoms with E-state index in [4.69, 9.17) is 11.6 Å². The van der Waals surface area contributed by atoms with Crippen molar-refractivity contribution in [2.24, 2.45) is 0 Å². The monoisotopic (exact) mass is 303 g/mol. The van der Waals surface area contributed by atoms with Crippen molar-refractivity contribution in [3.05, 3.63) is 60.7 Å². The Kier molecular flexibility index (Phi) is 4.63. The topological polar surface area (TPSA) is 20.3 Å². The summed E-state index contributed by atoms with van der Waals surface area (Å²) in [4.78, 5) is 12.0. The van der Waals surface area contributed by atoms with Gasteiger partial charge in [0.1, 0.15) is 0 Å². The van der Waals surface area contributed by atoms with Crippen LogP contribution in [0.25, 0.3) is 0 Å². The van der Waals surface area contributed by atoms with Gasteiger partial charge in [0.05, 0.1) is 0 Å². The van der Waals surface area contributed by atoms with Crippen molar-refractivity contribution in [1.82, 2.24) is 4.57 Å². The summed E-state index contributed by atoms with van der Waals surface area (Å²) < 4.78 is 1.85. The average molecular weight is 304 g/mol. The highest BCUT2D eigenvalue weighted by atomic mass is 35.5. The molecule has 0 atom stereocenters. The van der Waals surface area contributed by atoms with E-state index in [9.17, 15) is 4.79 Å². The Morgan fingerprint density at radius 2 is 1.40 bits per heavy atom. The van der Waals surface area contributed by atoms with Gasteiger partial charge in [-0.25, -0.2) is 0 Å². The molecule has 0 N–H and O–H groups in total. The molecule has 0 fully saturated rings. The number of alkyl halides is 1. The molecule has 0 heterocycles. The molecule has 0 saturated carbocycles. The molecule has 20 heavy (non-hydrogen) atoms. The number of carbonyl (C=O) groups excluding carboxylic acids is 1. The summed E-state index contributed by atoms with van der Waals surface area (Å²) >= 11 is 6.40. The number of carbonyl (C=O) groups is 1. The summed E-state index contributed by atoms with van der Waals surface area (Å²) in [6.07, 6.45) is 0. The SMILES string of the molecule is CC(=O)N(C)[Si](CCl)(c1ccccc1)c1ccccc1. The lowest BCUT2D eigenvalue weighted by molar-refractivity contribution is -0.123. The Balaban J connectivity index is 2.68. The first-order valence-corrected chi connectivity index (χ1v) is 9.23. The van der Waals surface area contributed by atoms with E-state index >= 15 is 0 Å². The summed E-state index contributed by atoms with van der Waals surface area (Å²) in [7, 11) is -0.581. The van der Waals surface area contributed by atoms with E-state index < -0.39 is 8.24 Å². The minimum atomic E-state index is -2.44. The summed E-state index contributed by atoms with van der Waals surface area (Å²) in [6.45, 7) is 1.60. The molecule has 0 aliphatic heterocycles. The third-order valence-electron chi connectivity index (χ3n) is 3.74. The molecule has 104 valence electrons. The molecule has 0 unspecified atom stereocenters. The molecule has 1 amide bonds. The van der Waals surface area contributed by atoms with Crippen molar-refractivity contribution >= 4 is 36.1 Å². The smallest absolute Gasteiger partial charge is 0.237 e. The number of hydrogen-bond acceptors (Lipinski definition) is 1. The van der Waals surface area contributed by atoms with Crippen LogP contribution in [0.4, 0.5) is 0 Å². The molecule has 0 aliphatic carbocycles. The van der Waals surface area contributed by atoms with Crippen molar-refractivity contribution in [1.29, 1.82) is 0 Å². The zero-order chi connectivity index (χ0) is 14.6. The lowest BCUT2D eigenvalue weighted by Gasteiger charge is -2.38. The highest BCUT2D eigenvalue weighted by molar-refractivity contribution is 7.04. The van der Waals surface area contributed by atoms with Gasteiger partial charge >= 0.3 is 0 Å². The highest BCUT2D eigenvalue weighted by Crippen LogP contribution is 2.12. The third kappa shape index (κ3) is 2.51. The van der Waals surface area contributed by atoms with Gasteiger partial charge in [-0.2, -0.15) is 0 Å². The molecule has 2 nitrogen and oxygen atoms in total. The second-order valence-electron chi connectivity index (χ2n) is 4.80. The molecule has 2 aromatic carbocycles. The molecule has 4 heteroatoms. The minimum Gasteiger partial charge on any atom is -0.363 e. The molecular weight excluding hydrogens is 286 g/mol. The Labute approximate surface area is 126 Å². The molecule has 0 aliphatic rings. The van der Waals surface area contributed by atoms with Gasteiger partial charge in [0.25, 0.3) is 0 Å². The average Bonchev–Trinajstić information content (AvgIpc) is 2.50. The molecule has 0 aromatic heterocycles. The largest absolute Gasteiger partial charge is 0.363 e. The highest BCUT2D eigenvalue weighted by Gasteiger charge is 2.42. The molecule has 0 saturated heterocycles. The van der Waals surface area contributed by atoms with Crippen LogP contribution in [0.15, 0.2) is 60.7 Å². The molecule has 2 aromatic rings. The van der Waals surface area contributed by atoms with Crippen LogP contribution in [0.5, 0.6) is 0 Å². The lowest BCUT2D eigenvalue weighted by atomic mass is 10.4. The van der Waals surface area contributed by atoms with Gasteiger partial charge in [-0.15, -0.1) is 11.6 Å².